The van der Waals surface area contributed by atoms with Gasteiger partial charge in [0, 0.05) is 11.8 Å². The standard InChI is InChI=1S/C13H13FN2O2/c1-9-7-15-16(8-9)12-3-2-10(14)6-11(12)13-17-4-5-18-13/h2-3,6-8,13H,4-5H2,1H3. The van der Waals surface area contributed by atoms with Crippen molar-refractivity contribution < 1.29 is 13.9 Å². The average molecular weight is 248 g/mol. The summed E-state index contributed by atoms with van der Waals surface area (Å²) in [6.45, 7) is 3.01. The van der Waals surface area contributed by atoms with Crippen molar-refractivity contribution in [1.29, 1.82) is 0 Å². The Bertz CT molecular complexity index is 562. The number of ether oxygens (including phenoxy) is 2. The molecule has 0 spiro atoms. The lowest BCUT2D eigenvalue weighted by Crippen LogP contribution is -2.06. The molecule has 1 fully saturated rings. The lowest BCUT2D eigenvalue weighted by molar-refractivity contribution is -0.0443. The zero-order valence-electron chi connectivity index (χ0n) is 9.97. The summed E-state index contributed by atoms with van der Waals surface area (Å²) in [5, 5.41) is 4.23. The van der Waals surface area contributed by atoms with Gasteiger partial charge in [0.05, 0.1) is 25.1 Å². The molecule has 3 rings (SSSR count). The van der Waals surface area contributed by atoms with Gasteiger partial charge in [-0.25, -0.2) is 9.07 Å². The Morgan fingerprint density at radius 3 is 2.78 bits per heavy atom. The van der Waals surface area contributed by atoms with Crippen LogP contribution in [0.25, 0.3) is 5.69 Å². The van der Waals surface area contributed by atoms with E-state index in [0.29, 0.717) is 18.8 Å². The number of aryl methyl sites for hydroxylation is 1. The third kappa shape index (κ3) is 2.02. The molecule has 0 saturated carbocycles. The second kappa shape index (κ2) is 4.51. The first-order chi connectivity index (χ1) is 8.74. The van der Waals surface area contributed by atoms with E-state index in [9.17, 15) is 4.39 Å². The van der Waals surface area contributed by atoms with E-state index in [1.165, 1.54) is 12.1 Å². The Morgan fingerprint density at radius 1 is 1.33 bits per heavy atom. The van der Waals surface area contributed by atoms with Crippen molar-refractivity contribution in [3.8, 4) is 5.69 Å². The number of nitrogens with zero attached hydrogens (tertiary/aromatic N) is 2. The zero-order valence-corrected chi connectivity index (χ0v) is 9.97. The second-order valence-electron chi connectivity index (χ2n) is 4.24. The summed E-state index contributed by atoms with van der Waals surface area (Å²) in [6, 6.07) is 4.52. The first kappa shape index (κ1) is 11.4. The van der Waals surface area contributed by atoms with Crippen LogP contribution >= 0.6 is 0 Å². The Kier molecular flexibility index (Phi) is 2.85. The zero-order chi connectivity index (χ0) is 12.5. The number of aromatic nitrogens is 2. The SMILES string of the molecule is Cc1cnn(-c2ccc(F)cc2C2OCCO2)c1. The van der Waals surface area contributed by atoms with Crippen LogP contribution in [0, 0.1) is 12.7 Å². The minimum atomic E-state index is -0.514. The molecular formula is C13H13FN2O2. The maximum Gasteiger partial charge on any atom is 0.186 e. The Morgan fingerprint density at radius 2 is 2.11 bits per heavy atom. The van der Waals surface area contributed by atoms with Crippen LogP contribution < -0.4 is 0 Å². The highest BCUT2D eigenvalue weighted by Crippen LogP contribution is 2.29. The van der Waals surface area contributed by atoms with Gasteiger partial charge in [-0.05, 0) is 30.7 Å². The van der Waals surface area contributed by atoms with Crippen LogP contribution in [-0.4, -0.2) is 23.0 Å². The lowest BCUT2D eigenvalue weighted by Gasteiger charge is -2.14. The van der Waals surface area contributed by atoms with Crippen LogP contribution in [0.2, 0.25) is 0 Å². The van der Waals surface area contributed by atoms with Crippen molar-refractivity contribution in [2.24, 2.45) is 0 Å². The van der Waals surface area contributed by atoms with Crippen LogP contribution in [0.5, 0.6) is 0 Å². The van der Waals surface area contributed by atoms with Crippen LogP contribution in [0.4, 0.5) is 4.39 Å². The van der Waals surface area contributed by atoms with E-state index in [-0.39, 0.29) is 5.82 Å². The monoisotopic (exact) mass is 248 g/mol. The van der Waals surface area contributed by atoms with E-state index in [4.69, 9.17) is 9.47 Å². The topological polar surface area (TPSA) is 36.3 Å². The van der Waals surface area contributed by atoms with E-state index < -0.39 is 6.29 Å². The van der Waals surface area contributed by atoms with E-state index in [2.05, 4.69) is 5.10 Å². The maximum absolute atomic E-state index is 13.4. The van der Waals surface area contributed by atoms with Crippen LogP contribution in [0.3, 0.4) is 0 Å². The van der Waals surface area contributed by atoms with Gasteiger partial charge in [0.2, 0.25) is 0 Å². The summed E-state index contributed by atoms with van der Waals surface area (Å²) in [5.74, 6) is -0.309. The van der Waals surface area contributed by atoms with Gasteiger partial charge in [-0.2, -0.15) is 5.10 Å². The molecule has 0 unspecified atom stereocenters. The quantitative estimate of drug-likeness (QED) is 0.818. The van der Waals surface area contributed by atoms with Gasteiger partial charge >= 0.3 is 0 Å². The summed E-state index contributed by atoms with van der Waals surface area (Å²) < 4.78 is 26.0. The summed E-state index contributed by atoms with van der Waals surface area (Å²) >= 11 is 0. The summed E-state index contributed by atoms with van der Waals surface area (Å²) in [5.41, 5.74) is 2.48. The fourth-order valence-corrected chi connectivity index (χ4v) is 2.01. The van der Waals surface area contributed by atoms with Gasteiger partial charge < -0.3 is 9.47 Å². The van der Waals surface area contributed by atoms with Gasteiger partial charge in [0.15, 0.2) is 6.29 Å². The summed E-state index contributed by atoms with van der Waals surface area (Å²) in [4.78, 5) is 0. The Labute approximate surface area is 104 Å². The minimum absolute atomic E-state index is 0.309. The fourth-order valence-electron chi connectivity index (χ4n) is 2.01. The third-order valence-electron chi connectivity index (χ3n) is 2.82. The highest BCUT2D eigenvalue weighted by atomic mass is 19.1. The molecule has 1 saturated heterocycles. The molecule has 0 atom stereocenters. The molecule has 18 heavy (non-hydrogen) atoms. The van der Waals surface area contributed by atoms with Crippen LogP contribution in [0.15, 0.2) is 30.6 Å². The summed E-state index contributed by atoms with van der Waals surface area (Å²) in [7, 11) is 0. The summed E-state index contributed by atoms with van der Waals surface area (Å²) in [6.07, 6.45) is 3.12. The maximum atomic E-state index is 13.4. The van der Waals surface area contributed by atoms with Crippen molar-refractivity contribution in [1.82, 2.24) is 9.78 Å². The number of benzene rings is 1. The molecule has 1 aliphatic rings. The van der Waals surface area contributed by atoms with Gasteiger partial charge in [-0.1, -0.05) is 0 Å². The first-order valence-electron chi connectivity index (χ1n) is 5.78. The van der Waals surface area contributed by atoms with Gasteiger partial charge in [0.1, 0.15) is 5.82 Å². The van der Waals surface area contributed by atoms with Crippen molar-refractivity contribution in [3.05, 3.63) is 47.5 Å². The molecule has 0 amide bonds. The van der Waals surface area contributed by atoms with Gasteiger partial charge in [-0.15, -0.1) is 0 Å². The van der Waals surface area contributed by atoms with Crippen LogP contribution in [-0.2, 0) is 9.47 Å². The number of rotatable bonds is 2. The minimum Gasteiger partial charge on any atom is -0.346 e. The second-order valence-corrected chi connectivity index (χ2v) is 4.24. The first-order valence-corrected chi connectivity index (χ1v) is 5.78. The van der Waals surface area contributed by atoms with E-state index >= 15 is 0 Å². The molecule has 2 heterocycles. The number of hydrogen-bond donors (Lipinski definition) is 0. The number of halogens is 1. The molecule has 5 heteroatoms. The molecule has 1 aromatic heterocycles. The van der Waals surface area contributed by atoms with Crippen LogP contribution in [0.1, 0.15) is 17.4 Å². The average Bonchev–Trinajstić information content (AvgIpc) is 2.99. The van der Waals surface area contributed by atoms with Crippen molar-refractivity contribution in [2.45, 2.75) is 13.2 Å². The van der Waals surface area contributed by atoms with Crippen molar-refractivity contribution in [2.75, 3.05) is 13.2 Å². The molecule has 2 aromatic rings. The van der Waals surface area contributed by atoms with Crippen molar-refractivity contribution in [3.63, 3.8) is 0 Å². The van der Waals surface area contributed by atoms with E-state index in [0.717, 1.165) is 11.3 Å². The Balaban J connectivity index is 2.07. The molecule has 0 radical (unpaired) electrons. The molecule has 0 aliphatic carbocycles. The molecule has 1 aliphatic heterocycles. The Hall–Kier alpha value is -1.72. The highest BCUT2D eigenvalue weighted by Gasteiger charge is 2.23. The normalized spacial score (nSPS) is 16.3. The molecular weight excluding hydrogens is 235 g/mol. The fraction of sp³-hybridized carbons (Fsp3) is 0.308. The predicted molar refractivity (Wildman–Crippen MR) is 62.9 cm³/mol. The highest BCUT2D eigenvalue weighted by molar-refractivity contribution is 5.42. The van der Waals surface area contributed by atoms with Crippen molar-refractivity contribution >= 4 is 0 Å². The predicted octanol–water partition coefficient (Wildman–Crippen LogP) is 2.37. The van der Waals surface area contributed by atoms with E-state index in [1.807, 2.05) is 13.1 Å². The smallest absolute Gasteiger partial charge is 0.186 e. The number of hydrogen-bond acceptors (Lipinski definition) is 3. The van der Waals surface area contributed by atoms with Gasteiger partial charge in [-0.3, -0.25) is 0 Å². The molecule has 1 aromatic carbocycles. The molecule has 4 nitrogen and oxygen atoms in total. The molecule has 94 valence electrons. The largest absolute Gasteiger partial charge is 0.346 e. The molecule has 0 N–H and O–H groups in total. The van der Waals surface area contributed by atoms with Gasteiger partial charge in [0.25, 0.3) is 0 Å². The molecule has 0 bridgehead atoms. The third-order valence-corrected chi connectivity index (χ3v) is 2.82. The lowest BCUT2D eigenvalue weighted by atomic mass is 10.1. The van der Waals surface area contributed by atoms with E-state index in [1.54, 1.807) is 16.9 Å².